The van der Waals surface area contributed by atoms with E-state index in [1.807, 2.05) is 11.9 Å². The van der Waals surface area contributed by atoms with Gasteiger partial charge in [-0.2, -0.15) is 0 Å². The van der Waals surface area contributed by atoms with Crippen molar-refractivity contribution in [2.45, 2.75) is 38.5 Å². The molecule has 3 aliphatic rings. The SMILES string of the molecule is CN=C(NCCCOCC1CCOCC1)N1CCN(CC(=O)N2CCCCC2)CC1.I. The lowest BCUT2D eigenvalue weighted by atomic mass is 10.0. The molecule has 3 heterocycles. The monoisotopic (exact) mass is 551 g/mol. The summed E-state index contributed by atoms with van der Waals surface area (Å²) in [7, 11) is 1.84. The lowest BCUT2D eigenvalue weighted by Gasteiger charge is -2.37. The summed E-state index contributed by atoms with van der Waals surface area (Å²) in [6.45, 7) is 10.4. The summed E-state index contributed by atoms with van der Waals surface area (Å²) >= 11 is 0. The first-order valence-corrected chi connectivity index (χ1v) is 11.9. The van der Waals surface area contributed by atoms with E-state index >= 15 is 0 Å². The predicted octanol–water partition coefficient (Wildman–Crippen LogP) is 1.64. The average Bonchev–Trinajstić information content (AvgIpc) is 2.80. The molecular formula is C22H42IN5O3. The van der Waals surface area contributed by atoms with Crippen LogP contribution in [-0.2, 0) is 14.3 Å². The van der Waals surface area contributed by atoms with Crippen molar-refractivity contribution in [2.75, 3.05) is 85.8 Å². The molecule has 0 radical (unpaired) electrons. The van der Waals surface area contributed by atoms with Crippen molar-refractivity contribution in [2.24, 2.45) is 10.9 Å². The minimum atomic E-state index is 0. The van der Waals surface area contributed by atoms with E-state index in [1.54, 1.807) is 0 Å². The smallest absolute Gasteiger partial charge is 0.236 e. The topological polar surface area (TPSA) is 69.6 Å². The quantitative estimate of drug-likeness (QED) is 0.214. The molecule has 0 saturated carbocycles. The number of hydrogen-bond acceptors (Lipinski definition) is 5. The number of amides is 1. The van der Waals surface area contributed by atoms with Crippen molar-refractivity contribution >= 4 is 35.8 Å². The van der Waals surface area contributed by atoms with Crippen molar-refractivity contribution in [3.05, 3.63) is 0 Å². The van der Waals surface area contributed by atoms with Gasteiger partial charge in [0.1, 0.15) is 0 Å². The van der Waals surface area contributed by atoms with E-state index in [1.165, 1.54) is 6.42 Å². The number of ether oxygens (including phenoxy) is 2. The lowest BCUT2D eigenvalue weighted by Crippen LogP contribution is -2.54. The Morgan fingerprint density at radius 3 is 2.42 bits per heavy atom. The fourth-order valence-electron chi connectivity index (χ4n) is 4.42. The van der Waals surface area contributed by atoms with Crippen LogP contribution in [0.1, 0.15) is 38.5 Å². The Bertz CT molecular complexity index is 531. The number of likely N-dealkylation sites (tertiary alicyclic amines) is 1. The summed E-state index contributed by atoms with van der Waals surface area (Å²) < 4.78 is 11.2. The molecule has 0 spiro atoms. The van der Waals surface area contributed by atoms with Crippen molar-refractivity contribution in [3.63, 3.8) is 0 Å². The molecule has 0 bridgehead atoms. The molecule has 0 aromatic carbocycles. The van der Waals surface area contributed by atoms with E-state index in [0.717, 1.165) is 110 Å². The molecule has 8 nitrogen and oxygen atoms in total. The number of hydrogen-bond donors (Lipinski definition) is 1. The van der Waals surface area contributed by atoms with Gasteiger partial charge in [0.15, 0.2) is 5.96 Å². The van der Waals surface area contributed by atoms with Gasteiger partial charge in [0, 0.05) is 79.3 Å². The second-order valence-corrected chi connectivity index (χ2v) is 8.66. The summed E-state index contributed by atoms with van der Waals surface area (Å²) in [6, 6.07) is 0. The molecule has 1 amide bonds. The van der Waals surface area contributed by atoms with E-state index < -0.39 is 0 Å². The van der Waals surface area contributed by atoms with Gasteiger partial charge in [-0.3, -0.25) is 14.7 Å². The number of nitrogens with one attached hydrogen (secondary N) is 1. The fraction of sp³-hybridized carbons (Fsp3) is 0.909. The van der Waals surface area contributed by atoms with Crippen molar-refractivity contribution in [1.29, 1.82) is 0 Å². The Morgan fingerprint density at radius 2 is 1.74 bits per heavy atom. The highest BCUT2D eigenvalue weighted by molar-refractivity contribution is 14.0. The third-order valence-corrected chi connectivity index (χ3v) is 6.39. The van der Waals surface area contributed by atoms with Crippen LogP contribution in [0.25, 0.3) is 0 Å². The van der Waals surface area contributed by atoms with Gasteiger partial charge in [-0.1, -0.05) is 0 Å². The summed E-state index contributed by atoms with van der Waals surface area (Å²) in [6.07, 6.45) is 6.80. The van der Waals surface area contributed by atoms with Crippen LogP contribution in [0.3, 0.4) is 0 Å². The average molecular weight is 552 g/mol. The Kier molecular flexibility index (Phi) is 13.1. The van der Waals surface area contributed by atoms with E-state index in [-0.39, 0.29) is 24.0 Å². The first-order chi connectivity index (χ1) is 14.8. The Hall–Kier alpha value is -0.650. The highest BCUT2D eigenvalue weighted by atomic mass is 127. The maximum atomic E-state index is 12.5. The second kappa shape index (κ2) is 15.2. The third kappa shape index (κ3) is 9.39. The van der Waals surface area contributed by atoms with Gasteiger partial charge in [-0.05, 0) is 44.4 Å². The van der Waals surface area contributed by atoms with Crippen LogP contribution in [0.5, 0.6) is 0 Å². The largest absolute Gasteiger partial charge is 0.381 e. The van der Waals surface area contributed by atoms with Crippen molar-refractivity contribution in [3.8, 4) is 0 Å². The molecule has 0 unspecified atom stereocenters. The number of piperidine rings is 1. The second-order valence-electron chi connectivity index (χ2n) is 8.66. The van der Waals surface area contributed by atoms with Crippen molar-refractivity contribution in [1.82, 2.24) is 20.0 Å². The molecule has 3 saturated heterocycles. The summed E-state index contributed by atoms with van der Waals surface area (Å²) in [5.74, 6) is 1.92. The fourth-order valence-corrected chi connectivity index (χ4v) is 4.42. The van der Waals surface area contributed by atoms with E-state index in [9.17, 15) is 4.79 Å². The van der Waals surface area contributed by atoms with Crippen LogP contribution in [0.2, 0.25) is 0 Å². The highest BCUT2D eigenvalue weighted by Crippen LogP contribution is 2.14. The van der Waals surface area contributed by atoms with Gasteiger partial charge in [-0.15, -0.1) is 24.0 Å². The van der Waals surface area contributed by atoms with Crippen molar-refractivity contribution < 1.29 is 14.3 Å². The minimum absolute atomic E-state index is 0. The van der Waals surface area contributed by atoms with Crippen LogP contribution < -0.4 is 5.32 Å². The number of guanidine groups is 1. The molecule has 3 aliphatic heterocycles. The zero-order valence-corrected chi connectivity index (χ0v) is 21.6. The predicted molar refractivity (Wildman–Crippen MR) is 134 cm³/mol. The van der Waals surface area contributed by atoms with Crippen LogP contribution in [-0.4, -0.2) is 112 Å². The normalized spacial score (nSPS) is 21.6. The van der Waals surface area contributed by atoms with Gasteiger partial charge >= 0.3 is 0 Å². The number of piperazine rings is 1. The number of nitrogens with zero attached hydrogens (tertiary/aromatic N) is 4. The Morgan fingerprint density at radius 1 is 1.03 bits per heavy atom. The molecular weight excluding hydrogens is 509 g/mol. The summed E-state index contributed by atoms with van der Waals surface area (Å²) in [5, 5.41) is 3.47. The molecule has 31 heavy (non-hydrogen) atoms. The van der Waals surface area contributed by atoms with Gasteiger partial charge in [-0.25, -0.2) is 0 Å². The molecule has 3 fully saturated rings. The zero-order chi connectivity index (χ0) is 21.0. The number of halogens is 1. The van der Waals surface area contributed by atoms with Gasteiger partial charge in [0.2, 0.25) is 5.91 Å². The number of carbonyl (C=O) groups excluding carboxylic acids is 1. The zero-order valence-electron chi connectivity index (χ0n) is 19.2. The van der Waals surface area contributed by atoms with Crippen LogP contribution in [0.4, 0.5) is 0 Å². The number of aliphatic imine (C=N–C) groups is 1. The highest BCUT2D eigenvalue weighted by Gasteiger charge is 2.24. The standard InChI is InChI=1S/C22H41N5O3.HI/c1-23-22(24-8-5-15-30-19-20-6-16-29-17-7-20)27-13-11-25(12-14-27)18-21(28)26-9-3-2-4-10-26;/h20H,2-19H2,1H3,(H,23,24);1H. The van der Waals surface area contributed by atoms with E-state index in [4.69, 9.17) is 9.47 Å². The lowest BCUT2D eigenvalue weighted by molar-refractivity contribution is -0.133. The Balaban J connectivity index is 0.00000341. The number of carbonyl (C=O) groups is 1. The Labute approximate surface area is 205 Å². The minimum Gasteiger partial charge on any atom is -0.381 e. The molecule has 1 N–H and O–H groups in total. The van der Waals surface area contributed by atoms with Gasteiger partial charge in [0.25, 0.3) is 0 Å². The van der Waals surface area contributed by atoms with Crippen LogP contribution >= 0.6 is 24.0 Å². The maximum Gasteiger partial charge on any atom is 0.236 e. The van der Waals surface area contributed by atoms with Crippen LogP contribution in [0, 0.1) is 5.92 Å². The molecule has 180 valence electrons. The number of rotatable bonds is 8. The van der Waals surface area contributed by atoms with Crippen LogP contribution in [0.15, 0.2) is 4.99 Å². The first kappa shape index (κ1) is 26.6. The molecule has 0 atom stereocenters. The molecule has 0 aromatic rings. The molecule has 9 heteroatoms. The maximum absolute atomic E-state index is 12.5. The third-order valence-electron chi connectivity index (χ3n) is 6.39. The summed E-state index contributed by atoms with van der Waals surface area (Å²) in [5.41, 5.74) is 0. The van der Waals surface area contributed by atoms with Gasteiger partial charge < -0.3 is 24.6 Å². The van der Waals surface area contributed by atoms with E-state index in [2.05, 4.69) is 20.1 Å². The van der Waals surface area contributed by atoms with E-state index in [0.29, 0.717) is 18.4 Å². The first-order valence-electron chi connectivity index (χ1n) is 11.9. The summed E-state index contributed by atoms with van der Waals surface area (Å²) in [4.78, 5) is 23.5. The molecule has 0 aliphatic carbocycles. The molecule has 0 aromatic heterocycles. The molecule has 3 rings (SSSR count). The van der Waals surface area contributed by atoms with Gasteiger partial charge in [0.05, 0.1) is 6.54 Å².